The maximum Gasteiger partial charge on any atom is 0.0962 e. The van der Waals surface area contributed by atoms with Crippen LogP contribution < -0.4 is 0 Å². The third kappa shape index (κ3) is 3.58. The van der Waals surface area contributed by atoms with Crippen LogP contribution in [0.25, 0.3) is 0 Å². The van der Waals surface area contributed by atoms with Crippen molar-refractivity contribution in [3.8, 4) is 0 Å². The Hall–Kier alpha value is -0.980. The lowest BCUT2D eigenvalue weighted by atomic mass is 9.86. The summed E-state index contributed by atoms with van der Waals surface area (Å²) in [5, 5.41) is 0. The van der Waals surface area contributed by atoms with E-state index in [9.17, 15) is 0 Å². The summed E-state index contributed by atoms with van der Waals surface area (Å²) in [4.78, 5) is 0. The smallest absolute Gasteiger partial charge is 0.0962 e. The summed E-state index contributed by atoms with van der Waals surface area (Å²) >= 11 is 0. The Bertz CT molecular complexity index is 273. The fraction of sp³-hybridized carbons (Fsp3) is 0.571. The van der Waals surface area contributed by atoms with Crippen LogP contribution in [-0.2, 0) is 4.74 Å². The van der Waals surface area contributed by atoms with Crippen molar-refractivity contribution in [1.29, 1.82) is 0 Å². The van der Waals surface area contributed by atoms with Crippen molar-refractivity contribution in [2.75, 3.05) is 6.61 Å². The molecule has 0 aromatic heterocycles. The fourth-order valence-corrected chi connectivity index (χ4v) is 1.85. The van der Waals surface area contributed by atoms with Gasteiger partial charge in [0.1, 0.15) is 0 Å². The standard InChI is InChI=1S/C14H22O/c1-5-6-9-15-13(4)14-8-7-11(2)10-12(14)3/h7-8,10,12,14H,4-6,9H2,1-3H3/t12-,14?/m0/s1. The molecule has 0 aliphatic heterocycles. The second kappa shape index (κ2) is 5.79. The Balaban J connectivity index is 2.44. The highest BCUT2D eigenvalue weighted by Crippen LogP contribution is 2.28. The summed E-state index contributed by atoms with van der Waals surface area (Å²) < 4.78 is 5.65. The molecule has 0 N–H and O–H groups in total. The van der Waals surface area contributed by atoms with Crippen molar-refractivity contribution in [2.45, 2.75) is 33.6 Å². The minimum atomic E-state index is 0.352. The Morgan fingerprint density at radius 2 is 2.27 bits per heavy atom. The van der Waals surface area contributed by atoms with Crippen LogP contribution in [0.5, 0.6) is 0 Å². The second-order valence-corrected chi connectivity index (χ2v) is 4.32. The summed E-state index contributed by atoms with van der Waals surface area (Å²) in [7, 11) is 0. The van der Waals surface area contributed by atoms with Gasteiger partial charge in [-0.15, -0.1) is 0 Å². The molecule has 15 heavy (non-hydrogen) atoms. The zero-order chi connectivity index (χ0) is 11.3. The van der Waals surface area contributed by atoms with Crippen LogP contribution in [0, 0.1) is 11.8 Å². The molecular formula is C14H22O. The Kier molecular flexibility index (Phi) is 4.67. The van der Waals surface area contributed by atoms with Crippen LogP contribution in [0.15, 0.2) is 36.1 Å². The molecule has 0 saturated carbocycles. The molecule has 1 rings (SSSR count). The molecule has 0 aromatic rings. The molecule has 1 heteroatoms. The Morgan fingerprint density at radius 1 is 1.53 bits per heavy atom. The van der Waals surface area contributed by atoms with Gasteiger partial charge in [-0.25, -0.2) is 0 Å². The first-order valence-electron chi connectivity index (χ1n) is 5.83. The SMILES string of the molecule is C=C(OCCCC)C1C=CC(C)=C[C@@H]1C. The number of ether oxygens (including phenoxy) is 1. The molecule has 84 valence electrons. The summed E-state index contributed by atoms with van der Waals surface area (Å²) in [6.07, 6.45) is 8.91. The van der Waals surface area contributed by atoms with Gasteiger partial charge in [0.15, 0.2) is 0 Å². The van der Waals surface area contributed by atoms with Gasteiger partial charge in [-0.1, -0.05) is 50.6 Å². The van der Waals surface area contributed by atoms with Crippen molar-refractivity contribution in [2.24, 2.45) is 11.8 Å². The average Bonchev–Trinajstić information content (AvgIpc) is 2.17. The highest BCUT2D eigenvalue weighted by Gasteiger charge is 2.19. The summed E-state index contributed by atoms with van der Waals surface area (Å²) in [5.41, 5.74) is 1.33. The van der Waals surface area contributed by atoms with Gasteiger partial charge in [0.2, 0.25) is 0 Å². The number of hydrogen-bond acceptors (Lipinski definition) is 1. The third-order valence-corrected chi connectivity index (χ3v) is 2.82. The maximum absolute atomic E-state index is 5.65. The van der Waals surface area contributed by atoms with Gasteiger partial charge in [0, 0.05) is 5.92 Å². The lowest BCUT2D eigenvalue weighted by molar-refractivity contribution is 0.175. The molecule has 0 bridgehead atoms. The molecule has 0 heterocycles. The number of unbranched alkanes of at least 4 members (excludes halogenated alkanes) is 1. The molecule has 1 aliphatic rings. The average molecular weight is 206 g/mol. The van der Waals surface area contributed by atoms with E-state index >= 15 is 0 Å². The lowest BCUT2D eigenvalue weighted by Gasteiger charge is -2.24. The quantitative estimate of drug-likeness (QED) is 0.486. The number of hydrogen-bond donors (Lipinski definition) is 0. The summed E-state index contributed by atoms with van der Waals surface area (Å²) in [6, 6.07) is 0. The molecule has 0 fully saturated rings. The lowest BCUT2D eigenvalue weighted by Crippen LogP contribution is -2.15. The van der Waals surface area contributed by atoms with Crippen molar-refractivity contribution in [1.82, 2.24) is 0 Å². The number of allylic oxidation sites excluding steroid dienone is 4. The third-order valence-electron chi connectivity index (χ3n) is 2.82. The minimum Gasteiger partial charge on any atom is -0.498 e. The topological polar surface area (TPSA) is 9.23 Å². The van der Waals surface area contributed by atoms with Crippen LogP contribution in [0.3, 0.4) is 0 Å². The molecule has 2 atom stereocenters. The highest BCUT2D eigenvalue weighted by molar-refractivity contribution is 5.26. The summed E-state index contributed by atoms with van der Waals surface area (Å²) in [5.74, 6) is 1.77. The Morgan fingerprint density at radius 3 is 2.87 bits per heavy atom. The van der Waals surface area contributed by atoms with E-state index in [-0.39, 0.29) is 0 Å². The molecular weight excluding hydrogens is 184 g/mol. The first kappa shape index (κ1) is 12.1. The fourth-order valence-electron chi connectivity index (χ4n) is 1.85. The van der Waals surface area contributed by atoms with Crippen molar-refractivity contribution >= 4 is 0 Å². The van der Waals surface area contributed by atoms with Gasteiger partial charge in [-0.05, 0) is 19.3 Å². The minimum absolute atomic E-state index is 0.352. The van der Waals surface area contributed by atoms with E-state index < -0.39 is 0 Å². The predicted molar refractivity (Wildman–Crippen MR) is 65.6 cm³/mol. The van der Waals surface area contributed by atoms with Gasteiger partial charge in [0.25, 0.3) is 0 Å². The van der Waals surface area contributed by atoms with Crippen LogP contribution in [-0.4, -0.2) is 6.61 Å². The van der Waals surface area contributed by atoms with Crippen LogP contribution in [0.2, 0.25) is 0 Å². The first-order valence-corrected chi connectivity index (χ1v) is 5.83. The number of rotatable bonds is 5. The molecule has 0 spiro atoms. The highest BCUT2D eigenvalue weighted by atomic mass is 16.5. The summed E-state index contributed by atoms with van der Waals surface area (Å²) in [6.45, 7) is 11.3. The van der Waals surface area contributed by atoms with Gasteiger partial charge in [-0.3, -0.25) is 0 Å². The molecule has 0 amide bonds. The van der Waals surface area contributed by atoms with E-state index in [1.807, 2.05) is 0 Å². The monoisotopic (exact) mass is 206 g/mol. The Labute approximate surface area is 93.5 Å². The van der Waals surface area contributed by atoms with E-state index in [2.05, 4.69) is 45.6 Å². The zero-order valence-electron chi connectivity index (χ0n) is 10.1. The molecule has 1 aliphatic carbocycles. The molecule has 0 saturated heterocycles. The molecule has 0 radical (unpaired) electrons. The van der Waals surface area contributed by atoms with E-state index in [1.54, 1.807) is 0 Å². The van der Waals surface area contributed by atoms with Crippen molar-refractivity contribution < 1.29 is 4.74 Å². The van der Waals surface area contributed by atoms with Gasteiger partial charge < -0.3 is 4.74 Å². The van der Waals surface area contributed by atoms with E-state index in [0.29, 0.717) is 11.8 Å². The van der Waals surface area contributed by atoms with E-state index in [0.717, 1.165) is 18.8 Å². The van der Waals surface area contributed by atoms with Crippen LogP contribution in [0.1, 0.15) is 33.6 Å². The van der Waals surface area contributed by atoms with Gasteiger partial charge in [0.05, 0.1) is 12.4 Å². The zero-order valence-corrected chi connectivity index (χ0v) is 10.1. The first-order chi connectivity index (χ1) is 7.15. The second-order valence-electron chi connectivity index (χ2n) is 4.32. The van der Waals surface area contributed by atoms with Crippen molar-refractivity contribution in [3.05, 3.63) is 36.1 Å². The molecule has 0 aromatic carbocycles. The van der Waals surface area contributed by atoms with Gasteiger partial charge >= 0.3 is 0 Å². The van der Waals surface area contributed by atoms with E-state index in [4.69, 9.17) is 4.74 Å². The predicted octanol–water partition coefficient (Wildman–Crippen LogP) is 4.09. The van der Waals surface area contributed by atoms with Crippen LogP contribution >= 0.6 is 0 Å². The van der Waals surface area contributed by atoms with Crippen LogP contribution in [0.4, 0.5) is 0 Å². The van der Waals surface area contributed by atoms with E-state index in [1.165, 1.54) is 12.0 Å². The molecule has 1 unspecified atom stereocenters. The normalized spacial score (nSPS) is 24.9. The van der Waals surface area contributed by atoms with Crippen molar-refractivity contribution in [3.63, 3.8) is 0 Å². The van der Waals surface area contributed by atoms with Gasteiger partial charge in [-0.2, -0.15) is 0 Å². The maximum atomic E-state index is 5.65. The molecule has 1 nitrogen and oxygen atoms in total. The largest absolute Gasteiger partial charge is 0.498 e.